The number of aliphatic hydroxyl groups is 1. The highest BCUT2D eigenvalue weighted by molar-refractivity contribution is 9.10. The molecule has 1 aliphatic heterocycles. The van der Waals surface area contributed by atoms with Gasteiger partial charge >= 0.3 is 0 Å². The van der Waals surface area contributed by atoms with Crippen LogP contribution in [0.2, 0.25) is 5.02 Å². The zero-order valence-corrected chi connectivity index (χ0v) is 20.4. The van der Waals surface area contributed by atoms with Gasteiger partial charge in [0, 0.05) is 46.8 Å². The number of aromatic nitrogens is 2. The molecule has 0 bridgehead atoms. The fourth-order valence-electron chi connectivity index (χ4n) is 4.13. The Morgan fingerprint density at radius 3 is 2.85 bits per heavy atom. The number of nitrogens with zero attached hydrogens (tertiary/aromatic N) is 2. The van der Waals surface area contributed by atoms with Crippen LogP contribution in [-0.4, -0.2) is 53.5 Å². The third-order valence-corrected chi connectivity index (χ3v) is 6.75. The van der Waals surface area contributed by atoms with Crippen LogP contribution in [0.25, 0.3) is 11.0 Å². The maximum absolute atomic E-state index is 15.8. The van der Waals surface area contributed by atoms with Gasteiger partial charge in [0.25, 0.3) is 0 Å². The van der Waals surface area contributed by atoms with Crippen LogP contribution in [0.15, 0.2) is 35.1 Å². The van der Waals surface area contributed by atoms with Gasteiger partial charge < -0.3 is 19.1 Å². The van der Waals surface area contributed by atoms with E-state index in [-0.39, 0.29) is 48.7 Å². The first kappa shape index (κ1) is 24.3. The predicted molar refractivity (Wildman–Crippen MR) is 127 cm³/mol. The van der Waals surface area contributed by atoms with Gasteiger partial charge in [-0.05, 0) is 42.5 Å². The second-order valence-electron chi connectivity index (χ2n) is 8.15. The van der Waals surface area contributed by atoms with Gasteiger partial charge in [-0.25, -0.2) is 9.37 Å². The molecule has 6 nitrogen and oxygen atoms in total. The number of imidazole rings is 1. The average Bonchev–Trinajstić information content (AvgIpc) is 3.20. The molecule has 1 N–H and O–H groups in total. The zero-order chi connectivity index (χ0) is 23.4. The van der Waals surface area contributed by atoms with Crippen molar-refractivity contribution in [1.82, 2.24) is 9.55 Å². The molecular formula is C24H25BrClFN2O4. The topological polar surface area (TPSA) is 73.6 Å². The van der Waals surface area contributed by atoms with Crippen LogP contribution in [0.5, 0.6) is 0 Å². The van der Waals surface area contributed by atoms with Gasteiger partial charge in [0.1, 0.15) is 12.1 Å². The molecule has 0 unspecified atom stereocenters. The van der Waals surface area contributed by atoms with E-state index in [2.05, 4.69) is 20.9 Å². The smallest absolute Gasteiger partial charge is 0.188 e. The summed E-state index contributed by atoms with van der Waals surface area (Å²) in [4.78, 5) is 17.4. The van der Waals surface area contributed by atoms with Crippen molar-refractivity contribution >= 4 is 44.3 Å². The lowest BCUT2D eigenvalue weighted by Crippen LogP contribution is -2.20. The molecule has 33 heavy (non-hydrogen) atoms. The van der Waals surface area contributed by atoms with Crippen molar-refractivity contribution in [2.75, 3.05) is 33.0 Å². The second-order valence-corrected chi connectivity index (χ2v) is 9.47. The van der Waals surface area contributed by atoms with E-state index in [0.717, 1.165) is 30.5 Å². The lowest BCUT2D eigenvalue weighted by molar-refractivity contribution is 0.0616. The van der Waals surface area contributed by atoms with Crippen LogP contribution in [0, 0.1) is 11.7 Å². The Labute approximate surface area is 204 Å². The molecular weight excluding hydrogens is 515 g/mol. The van der Waals surface area contributed by atoms with E-state index in [1.807, 2.05) is 10.6 Å². The summed E-state index contributed by atoms with van der Waals surface area (Å²) in [6.45, 7) is 1.71. The Balaban J connectivity index is 1.74. The molecule has 4 rings (SSSR count). The number of hydrogen-bond acceptors (Lipinski definition) is 5. The van der Waals surface area contributed by atoms with E-state index in [4.69, 9.17) is 26.2 Å². The molecule has 9 heteroatoms. The molecule has 0 radical (unpaired) electrons. The molecule has 2 heterocycles. The number of carbonyl (C=O) groups excluding carboxylic acids is 1. The molecule has 2 aromatic carbocycles. The normalized spacial score (nSPS) is 14.8. The van der Waals surface area contributed by atoms with Crippen LogP contribution in [0.4, 0.5) is 4.39 Å². The van der Waals surface area contributed by atoms with Crippen molar-refractivity contribution < 1.29 is 23.8 Å². The highest BCUT2D eigenvalue weighted by Crippen LogP contribution is 2.31. The summed E-state index contributed by atoms with van der Waals surface area (Å²) in [5.74, 6) is -0.471. The molecule has 0 aliphatic carbocycles. The van der Waals surface area contributed by atoms with E-state index in [0.29, 0.717) is 28.6 Å². The van der Waals surface area contributed by atoms with Crippen molar-refractivity contribution in [1.29, 1.82) is 0 Å². The summed E-state index contributed by atoms with van der Waals surface area (Å²) in [7, 11) is 0. The number of benzene rings is 2. The molecule has 1 aromatic heterocycles. The minimum Gasteiger partial charge on any atom is -0.394 e. The zero-order valence-electron chi connectivity index (χ0n) is 18.0. The molecule has 176 valence electrons. The van der Waals surface area contributed by atoms with Crippen LogP contribution in [0.1, 0.15) is 34.3 Å². The van der Waals surface area contributed by atoms with Crippen LogP contribution >= 0.6 is 27.5 Å². The van der Waals surface area contributed by atoms with Gasteiger partial charge in [-0.15, -0.1) is 0 Å². The average molecular weight is 540 g/mol. The number of fused-ring (bicyclic) bond motifs is 1. The monoisotopic (exact) mass is 538 g/mol. The van der Waals surface area contributed by atoms with Crippen molar-refractivity contribution in [3.63, 3.8) is 0 Å². The van der Waals surface area contributed by atoms with Gasteiger partial charge in [0.05, 0.1) is 25.1 Å². The highest BCUT2D eigenvalue weighted by Gasteiger charge is 2.24. The van der Waals surface area contributed by atoms with E-state index in [1.54, 1.807) is 24.5 Å². The number of carbonyl (C=O) groups is 1. The number of ketones is 1. The third-order valence-electron chi connectivity index (χ3n) is 5.90. The Kier molecular flexibility index (Phi) is 8.14. The SMILES string of the molecule is O=C(COCCO)c1cc2c(ncn2CC2CCOCC2)c(F)c1Cc1ccc(Br)cc1Cl. The van der Waals surface area contributed by atoms with E-state index in [1.165, 1.54) is 0 Å². The quantitative estimate of drug-likeness (QED) is 0.312. The van der Waals surface area contributed by atoms with Crippen molar-refractivity contribution in [3.05, 3.63) is 62.6 Å². The Bertz CT molecular complexity index is 1150. The van der Waals surface area contributed by atoms with Gasteiger partial charge in [-0.1, -0.05) is 33.6 Å². The molecule has 1 fully saturated rings. The van der Waals surface area contributed by atoms with E-state index >= 15 is 4.39 Å². The van der Waals surface area contributed by atoms with Gasteiger partial charge in [0.2, 0.25) is 0 Å². The summed E-state index contributed by atoms with van der Waals surface area (Å²) in [5.41, 5.74) is 1.99. The second kappa shape index (κ2) is 11.1. The van der Waals surface area contributed by atoms with Gasteiger partial charge in [-0.2, -0.15) is 0 Å². The van der Waals surface area contributed by atoms with Crippen molar-refractivity contribution in [2.24, 2.45) is 5.92 Å². The largest absolute Gasteiger partial charge is 0.394 e. The van der Waals surface area contributed by atoms with E-state index in [9.17, 15) is 4.79 Å². The van der Waals surface area contributed by atoms with E-state index < -0.39 is 5.82 Å². The van der Waals surface area contributed by atoms with Crippen LogP contribution in [-0.2, 0) is 22.4 Å². The van der Waals surface area contributed by atoms with Gasteiger partial charge in [0.15, 0.2) is 11.6 Å². The third kappa shape index (κ3) is 5.63. The number of hydrogen-bond donors (Lipinski definition) is 1. The Morgan fingerprint density at radius 1 is 1.33 bits per heavy atom. The number of Topliss-reactive ketones (excluding diaryl/α,β-unsaturated/α-hetero) is 1. The molecule has 0 spiro atoms. The summed E-state index contributed by atoms with van der Waals surface area (Å²) >= 11 is 9.75. The number of ether oxygens (including phenoxy) is 2. The summed E-state index contributed by atoms with van der Waals surface area (Å²) in [5, 5.41) is 9.44. The molecule has 0 saturated carbocycles. The Hall–Kier alpha value is -1.84. The molecule has 1 aliphatic rings. The lowest BCUT2D eigenvalue weighted by Gasteiger charge is -2.22. The van der Waals surface area contributed by atoms with Crippen molar-refractivity contribution in [2.45, 2.75) is 25.8 Å². The van der Waals surface area contributed by atoms with Gasteiger partial charge in [-0.3, -0.25) is 4.79 Å². The van der Waals surface area contributed by atoms with Crippen LogP contribution < -0.4 is 0 Å². The molecule has 0 amide bonds. The van der Waals surface area contributed by atoms with Crippen molar-refractivity contribution in [3.8, 4) is 0 Å². The minimum atomic E-state index is -0.525. The Morgan fingerprint density at radius 2 is 2.12 bits per heavy atom. The predicted octanol–water partition coefficient (Wildman–Crippen LogP) is 4.80. The fourth-order valence-corrected chi connectivity index (χ4v) is 4.87. The fraction of sp³-hybridized carbons (Fsp3) is 0.417. The molecule has 0 atom stereocenters. The molecule has 3 aromatic rings. The standard InChI is InChI=1S/C24H25BrClFN2O4/c25-17-2-1-16(20(26)10-17)9-19-18(22(31)13-33-8-5-30)11-21-24(23(19)27)28-14-29(21)12-15-3-6-32-7-4-15/h1-2,10-11,14-15,30H,3-9,12-13H2. The number of rotatable bonds is 9. The number of halogens is 3. The summed E-state index contributed by atoms with van der Waals surface area (Å²) < 4.78 is 29.2. The maximum atomic E-state index is 15.8. The first-order chi connectivity index (χ1) is 16.0. The maximum Gasteiger partial charge on any atom is 0.188 e. The lowest BCUT2D eigenvalue weighted by atomic mass is 9.95. The summed E-state index contributed by atoms with van der Waals surface area (Å²) in [6.07, 6.45) is 3.64. The molecule has 1 saturated heterocycles. The summed E-state index contributed by atoms with van der Waals surface area (Å²) in [6, 6.07) is 7.07. The number of aliphatic hydroxyl groups excluding tert-OH is 1. The van der Waals surface area contributed by atoms with Crippen LogP contribution in [0.3, 0.4) is 0 Å². The first-order valence-corrected chi connectivity index (χ1v) is 12.0. The minimum absolute atomic E-state index is 0.0338. The highest BCUT2D eigenvalue weighted by atomic mass is 79.9. The first-order valence-electron chi connectivity index (χ1n) is 10.9.